The van der Waals surface area contributed by atoms with Gasteiger partial charge in [-0.25, -0.2) is 4.98 Å². The molecule has 1 aromatic carbocycles. The lowest BCUT2D eigenvalue weighted by Crippen LogP contribution is -2.29. The molecule has 32 heavy (non-hydrogen) atoms. The fourth-order valence-corrected chi connectivity index (χ4v) is 3.99. The lowest BCUT2D eigenvalue weighted by molar-refractivity contribution is -0.153. The van der Waals surface area contributed by atoms with Crippen molar-refractivity contribution in [2.75, 3.05) is 11.9 Å². The van der Waals surface area contributed by atoms with E-state index in [0.717, 1.165) is 24.8 Å². The topological polar surface area (TPSA) is 71.5 Å². The van der Waals surface area contributed by atoms with E-state index >= 15 is 0 Å². The molecule has 2 heterocycles. The molecule has 1 unspecified atom stereocenters. The molecule has 1 saturated carbocycles. The molecule has 0 spiro atoms. The fourth-order valence-electron chi connectivity index (χ4n) is 3.99. The fraction of sp³-hybridized carbons (Fsp3) is 0.435. The first-order valence-corrected chi connectivity index (χ1v) is 10.5. The summed E-state index contributed by atoms with van der Waals surface area (Å²) in [5.41, 5.74) is 2.50. The molecule has 0 bridgehead atoms. The van der Waals surface area contributed by atoms with Crippen LogP contribution in [0.25, 0.3) is 0 Å². The highest BCUT2D eigenvalue weighted by atomic mass is 19.4. The molecule has 1 fully saturated rings. The largest absolute Gasteiger partial charge is 0.484 e. The Morgan fingerprint density at radius 1 is 1.31 bits per heavy atom. The van der Waals surface area contributed by atoms with Crippen molar-refractivity contribution in [3.8, 4) is 5.75 Å². The van der Waals surface area contributed by atoms with Crippen LogP contribution in [0.2, 0.25) is 0 Å². The van der Waals surface area contributed by atoms with Gasteiger partial charge in [0.15, 0.2) is 6.61 Å². The third kappa shape index (κ3) is 4.42. The Kier molecular flexibility index (Phi) is 5.83. The third-order valence-electron chi connectivity index (χ3n) is 6.13. The first-order valence-electron chi connectivity index (χ1n) is 10.5. The van der Waals surface area contributed by atoms with E-state index in [0.29, 0.717) is 22.5 Å². The summed E-state index contributed by atoms with van der Waals surface area (Å²) in [5, 5.41) is 2.87. The lowest BCUT2D eigenvalue weighted by Gasteiger charge is -2.26. The van der Waals surface area contributed by atoms with Gasteiger partial charge in [0.2, 0.25) is 5.91 Å². The summed E-state index contributed by atoms with van der Waals surface area (Å²) in [4.78, 5) is 31.4. The van der Waals surface area contributed by atoms with Crippen molar-refractivity contribution in [1.82, 2.24) is 9.88 Å². The van der Waals surface area contributed by atoms with Crippen LogP contribution in [0.5, 0.6) is 5.75 Å². The number of aromatic nitrogens is 1. The van der Waals surface area contributed by atoms with Gasteiger partial charge in [0, 0.05) is 23.2 Å². The number of carbonyl (C=O) groups excluding carboxylic acids is 2. The highest BCUT2D eigenvalue weighted by molar-refractivity contribution is 6.01. The van der Waals surface area contributed by atoms with Crippen LogP contribution in [0.1, 0.15) is 59.3 Å². The Hall–Kier alpha value is -3.10. The summed E-state index contributed by atoms with van der Waals surface area (Å²) in [6.07, 6.45) is -0.123. The van der Waals surface area contributed by atoms with Crippen LogP contribution in [0, 0.1) is 12.8 Å². The number of hydrogen-bond acceptors (Lipinski definition) is 4. The average Bonchev–Trinajstić information content (AvgIpc) is 3.02. The third-order valence-corrected chi connectivity index (χ3v) is 6.13. The van der Waals surface area contributed by atoms with E-state index < -0.39 is 12.8 Å². The number of amides is 2. The summed E-state index contributed by atoms with van der Waals surface area (Å²) >= 11 is 0. The molecule has 1 aromatic heterocycles. The number of halogens is 3. The predicted molar refractivity (Wildman–Crippen MR) is 111 cm³/mol. The van der Waals surface area contributed by atoms with Gasteiger partial charge in [-0.3, -0.25) is 9.59 Å². The first-order chi connectivity index (χ1) is 15.1. The van der Waals surface area contributed by atoms with Crippen LogP contribution in [-0.2, 0) is 11.3 Å². The zero-order valence-electron chi connectivity index (χ0n) is 17.8. The number of nitrogens with zero attached hydrogens (tertiary/aromatic N) is 2. The molecular formula is C23H24F3N3O3. The van der Waals surface area contributed by atoms with Crippen LogP contribution >= 0.6 is 0 Å². The van der Waals surface area contributed by atoms with Crippen LogP contribution in [0.4, 0.5) is 19.0 Å². The molecule has 0 saturated heterocycles. The minimum absolute atomic E-state index is 0.000779. The molecule has 170 valence electrons. The van der Waals surface area contributed by atoms with Crippen molar-refractivity contribution in [2.45, 2.75) is 51.9 Å². The molecule has 1 aliphatic heterocycles. The molecule has 2 aliphatic rings. The van der Waals surface area contributed by atoms with Crippen molar-refractivity contribution in [2.24, 2.45) is 5.92 Å². The number of ether oxygens (including phenoxy) is 1. The molecule has 4 rings (SSSR count). The quantitative estimate of drug-likeness (QED) is 0.692. The molecule has 1 aliphatic carbocycles. The summed E-state index contributed by atoms with van der Waals surface area (Å²) in [5.74, 6) is 0.320. The Balaban J connectivity index is 1.50. The van der Waals surface area contributed by atoms with E-state index in [-0.39, 0.29) is 36.1 Å². The van der Waals surface area contributed by atoms with Crippen LogP contribution in [0.3, 0.4) is 0 Å². The van der Waals surface area contributed by atoms with Gasteiger partial charge in [0.25, 0.3) is 5.91 Å². The van der Waals surface area contributed by atoms with Gasteiger partial charge in [0.1, 0.15) is 11.6 Å². The number of fused-ring (bicyclic) bond motifs is 1. The Labute approximate surface area is 183 Å². The summed E-state index contributed by atoms with van der Waals surface area (Å²) in [7, 11) is 0. The molecule has 2 aromatic rings. The standard InChI is InChI=1S/C23H24F3N3O3/c1-13-10-16(6-7-19(13)32-12-23(24,25)26)14(2)29-11-18-17(22(29)31)8-9-27-20(18)28-21(30)15-4-3-5-15/h6-10,14-15H,3-5,11-12H2,1-2H3,(H,27,28,30). The second kappa shape index (κ2) is 8.44. The van der Waals surface area contributed by atoms with Gasteiger partial charge >= 0.3 is 6.18 Å². The number of benzene rings is 1. The Bertz CT molecular complexity index is 1050. The van der Waals surface area contributed by atoms with Gasteiger partial charge in [0.05, 0.1) is 12.6 Å². The minimum atomic E-state index is -4.41. The highest BCUT2D eigenvalue weighted by Gasteiger charge is 2.35. The van der Waals surface area contributed by atoms with E-state index in [2.05, 4.69) is 10.3 Å². The van der Waals surface area contributed by atoms with Gasteiger partial charge in [-0.1, -0.05) is 18.6 Å². The Morgan fingerprint density at radius 3 is 2.69 bits per heavy atom. The SMILES string of the molecule is Cc1cc(C(C)N2Cc3c(ccnc3NC(=O)C3CCC3)C2=O)ccc1OCC(F)(F)F. The van der Waals surface area contributed by atoms with Crippen molar-refractivity contribution >= 4 is 17.6 Å². The van der Waals surface area contributed by atoms with Crippen molar-refractivity contribution in [3.05, 3.63) is 52.7 Å². The van der Waals surface area contributed by atoms with Crippen molar-refractivity contribution in [1.29, 1.82) is 0 Å². The molecule has 2 amide bonds. The number of pyridine rings is 1. The number of carbonyl (C=O) groups is 2. The number of alkyl halides is 3. The van der Waals surface area contributed by atoms with Gasteiger partial charge in [-0.15, -0.1) is 0 Å². The van der Waals surface area contributed by atoms with Crippen LogP contribution in [-0.4, -0.2) is 34.5 Å². The van der Waals surface area contributed by atoms with E-state index in [4.69, 9.17) is 4.74 Å². The average molecular weight is 447 g/mol. The van der Waals surface area contributed by atoms with Crippen LogP contribution in [0.15, 0.2) is 30.5 Å². The molecular weight excluding hydrogens is 423 g/mol. The normalized spacial score (nSPS) is 17.0. The second-order valence-electron chi connectivity index (χ2n) is 8.34. The minimum Gasteiger partial charge on any atom is -0.484 e. The number of anilines is 1. The van der Waals surface area contributed by atoms with Crippen LogP contribution < -0.4 is 10.1 Å². The lowest BCUT2D eigenvalue weighted by atomic mass is 9.85. The van der Waals surface area contributed by atoms with Crippen molar-refractivity contribution < 1.29 is 27.5 Å². The van der Waals surface area contributed by atoms with Gasteiger partial charge in [-0.05, 0) is 49.9 Å². The predicted octanol–water partition coefficient (Wildman–Crippen LogP) is 4.79. The monoisotopic (exact) mass is 447 g/mol. The van der Waals surface area contributed by atoms with E-state index in [1.165, 1.54) is 12.3 Å². The van der Waals surface area contributed by atoms with E-state index in [1.807, 2.05) is 6.92 Å². The zero-order chi connectivity index (χ0) is 23.0. The second-order valence-corrected chi connectivity index (χ2v) is 8.34. The molecule has 6 nitrogen and oxygen atoms in total. The molecule has 1 atom stereocenters. The van der Waals surface area contributed by atoms with Gasteiger partial charge < -0.3 is 15.0 Å². The Morgan fingerprint density at radius 2 is 2.06 bits per heavy atom. The summed E-state index contributed by atoms with van der Waals surface area (Å²) in [6, 6.07) is 6.19. The maximum atomic E-state index is 13.1. The number of rotatable bonds is 6. The molecule has 1 N–H and O–H groups in total. The molecule has 0 radical (unpaired) electrons. The molecule has 9 heteroatoms. The number of aryl methyl sites for hydroxylation is 1. The number of hydrogen-bond donors (Lipinski definition) is 1. The van der Waals surface area contributed by atoms with E-state index in [9.17, 15) is 22.8 Å². The zero-order valence-corrected chi connectivity index (χ0v) is 17.8. The maximum absolute atomic E-state index is 13.1. The smallest absolute Gasteiger partial charge is 0.422 e. The highest BCUT2D eigenvalue weighted by Crippen LogP contribution is 2.36. The summed E-state index contributed by atoms with van der Waals surface area (Å²) in [6.45, 7) is 2.45. The first kappa shape index (κ1) is 22.1. The maximum Gasteiger partial charge on any atom is 0.422 e. The number of nitrogens with one attached hydrogen (secondary N) is 1. The van der Waals surface area contributed by atoms with Gasteiger partial charge in [-0.2, -0.15) is 13.2 Å². The summed E-state index contributed by atoms with van der Waals surface area (Å²) < 4.78 is 42.2. The van der Waals surface area contributed by atoms with Crippen molar-refractivity contribution in [3.63, 3.8) is 0 Å². The van der Waals surface area contributed by atoms with E-state index in [1.54, 1.807) is 30.0 Å².